The number of nitrogens with zero attached hydrogens (tertiary/aromatic N) is 2. The normalized spacial score (nSPS) is 11.0. The van der Waals surface area contributed by atoms with Crippen LogP contribution in [0, 0.1) is 0 Å². The third kappa shape index (κ3) is 6.39. The Kier molecular flexibility index (Phi) is 7.60. The fourth-order valence-corrected chi connectivity index (χ4v) is 1.93. The molecule has 0 aliphatic heterocycles. The lowest BCUT2D eigenvalue weighted by molar-refractivity contribution is 0.272. The molecular weight excluding hydrogens is 210 g/mol. The predicted molar refractivity (Wildman–Crippen MR) is 72.7 cm³/mol. The Balaban J connectivity index is 2.20. The number of hydrogen-bond donors (Lipinski definition) is 1. The molecule has 0 fully saturated rings. The summed E-state index contributed by atoms with van der Waals surface area (Å²) in [6.45, 7) is 6.34. The van der Waals surface area contributed by atoms with E-state index in [1.165, 1.54) is 31.4 Å². The average molecular weight is 235 g/mol. The van der Waals surface area contributed by atoms with E-state index in [-0.39, 0.29) is 0 Å². The monoisotopic (exact) mass is 235 g/mol. The van der Waals surface area contributed by atoms with Crippen LogP contribution >= 0.6 is 0 Å². The Morgan fingerprint density at radius 3 is 2.71 bits per heavy atom. The zero-order valence-electron chi connectivity index (χ0n) is 10.9. The molecule has 1 heterocycles. The first-order chi connectivity index (χ1) is 8.36. The minimum absolute atomic E-state index is 0.827. The van der Waals surface area contributed by atoms with Crippen molar-refractivity contribution in [3.63, 3.8) is 0 Å². The van der Waals surface area contributed by atoms with Gasteiger partial charge in [-0.3, -0.25) is 9.88 Å². The highest BCUT2D eigenvalue weighted by Crippen LogP contribution is 2.06. The van der Waals surface area contributed by atoms with E-state index >= 15 is 0 Å². The van der Waals surface area contributed by atoms with Gasteiger partial charge in [-0.1, -0.05) is 25.8 Å². The molecule has 0 aromatic carbocycles. The standard InChI is InChI=1S/C14H25N3/c1-2-17(11-6-4-3-5-9-15)13-14-8-7-10-16-12-14/h7-8,10,12H,2-6,9,11,13,15H2,1H3. The van der Waals surface area contributed by atoms with Crippen molar-refractivity contribution in [1.82, 2.24) is 9.88 Å². The van der Waals surface area contributed by atoms with Crippen molar-refractivity contribution in [1.29, 1.82) is 0 Å². The second-order valence-electron chi connectivity index (χ2n) is 4.43. The number of aromatic nitrogens is 1. The van der Waals surface area contributed by atoms with Crippen LogP contribution in [0.25, 0.3) is 0 Å². The molecule has 0 radical (unpaired) electrons. The van der Waals surface area contributed by atoms with Crippen LogP contribution in [-0.2, 0) is 6.54 Å². The SMILES string of the molecule is CCN(CCCCCCN)Cc1cccnc1. The van der Waals surface area contributed by atoms with E-state index in [0.29, 0.717) is 0 Å². The molecule has 2 N–H and O–H groups in total. The smallest absolute Gasteiger partial charge is 0.0312 e. The molecule has 0 amide bonds. The molecule has 96 valence electrons. The number of nitrogens with two attached hydrogens (primary N) is 1. The van der Waals surface area contributed by atoms with Crippen LogP contribution in [0.4, 0.5) is 0 Å². The first kappa shape index (κ1) is 14.1. The lowest BCUT2D eigenvalue weighted by Crippen LogP contribution is -2.24. The second kappa shape index (κ2) is 9.14. The minimum atomic E-state index is 0.827. The van der Waals surface area contributed by atoms with E-state index in [0.717, 1.165) is 26.1 Å². The van der Waals surface area contributed by atoms with Gasteiger partial charge >= 0.3 is 0 Å². The van der Waals surface area contributed by atoms with Crippen molar-refractivity contribution in [2.24, 2.45) is 5.73 Å². The highest BCUT2D eigenvalue weighted by atomic mass is 15.1. The van der Waals surface area contributed by atoms with Gasteiger partial charge in [-0.2, -0.15) is 0 Å². The van der Waals surface area contributed by atoms with Crippen LogP contribution in [0.2, 0.25) is 0 Å². The van der Waals surface area contributed by atoms with Crippen LogP contribution < -0.4 is 5.73 Å². The Bertz CT molecular complexity index is 274. The highest BCUT2D eigenvalue weighted by molar-refractivity contribution is 5.07. The van der Waals surface area contributed by atoms with Crippen molar-refractivity contribution >= 4 is 0 Å². The number of rotatable bonds is 9. The first-order valence-corrected chi connectivity index (χ1v) is 6.68. The molecule has 1 aromatic rings. The number of pyridine rings is 1. The molecule has 0 atom stereocenters. The second-order valence-corrected chi connectivity index (χ2v) is 4.43. The van der Waals surface area contributed by atoms with Gasteiger partial charge in [-0.05, 0) is 44.1 Å². The Hall–Kier alpha value is -0.930. The van der Waals surface area contributed by atoms with Crippen molar-refractivity contribution in [3.8, 4) is 0 Å². The van der Waals surface area contributed by atoms with E-state index in [2.05, 4.69) is 22.9 Å². The fourth-order valence-electron chi connectivity index (χ4n) is 1.93. The highest BCUT2D eigenvalue weighted by Gasteiger charge is 2.03. The third-order valence-corrected chi connectivity index (χ3v) is 3.00. The Morgan fingerprint density at radius 2 is 2.06 bits per heavy atom. The van der Waals surface area contributed by atoms with E-state index in [1.54, 1.807) is 0 Å². The van der Waals surface area contributed by atoms with Gasteiger partial charge in [0, 0.05) is 18.9 Å². The third-order valence-electron chi connectivity index (χ3n) is 3.00. The van der Waals surface area contributed by atoms with Crippen LogP contribution in [0.15, 0.2) is 24.5 Å². The lowest BCUT2D eigenvalue weighted by Gasteiger charge is -2.20. The minimum Gasteiger partial charge on any atom is -0.330 e. The van der Waals surface area contributed by atoms with Crippen molar-refractivity contribution < 1.29 is 0 Å². The van der Waals surface area contributed by atoms with Crippen molar-refractivity contribution in [2.75, 3.05) is 19.6 Å². The van der Waals surface area contributed by atoms with Gasteiger partial charge in [0.15, 0.2) is 0 Å². The molecule has 0 saturated carbocycles. The molecule has 0 spiro atoms. The molecule has 3 nitrogen and oxygen atoms in total. The number of unbranched alkanes of at least 4 members (excludes halogenated alkanes) is 3. The van der Waals surface area contributed by atoms with Gasteiger partial charge in [0.05, 0.1) is 0 Å². The zero-order chi connectivity index (χ0) is 12.3. The largest absolute Gasteiger partial charge is 0.330 e. The van der Waals surface area contributed by atoms with Crippen molar-refractivity contribution in [3.05, 3.63) is 30.1 Å². The number of hydrogen-bond acceptors (Lipinski definition) is 3. The maximum absolute atomic E-state index is 5.48. The summed E-state index contributed by atoms with van der Waals surface area (Å²) in [5.41, 5.74) is 6.78. The molecule has 0 bridgehead atoms. The maximum atomic E-state index is 5.48. The molecule has 1 aromatic heterocycles. The fraction of sp³-hybridized carbons (Fsp3) is 0.643. The summed E-state index contributed by atoms with van der Waals surface area (Å²) in [4.78, 5) is 6.62. The molecule has 3 heteroatoms. The summed E-state index contributed by atoms with van der Waals surface area (Å²) >= 11 is 0. The summed E-state index contributed by atoms with van der Waals surface area (Å²) < 4.78 is 0. The summed E-state index contributed by atoms with van der Waals surface area (Å²) in [6, 6.07) is 4.15. The quantitative estimate of drug-likeness (QED) is 0.668. The van der Waals surface area contributed by atoms with Crippen LogP contribution in [0.5, 0.6) is 0 Å². The molecular formula is C14H25N3. The topological polar surface area (TPSA) is 42.1 Å². The molecule has 1 rings (SSSR count). The van der Waals surface area contributed by atoms with Gasteiger partial charge in [-0.25, -0.2) is 0 Å². The van der Waals surface area contributed by atoms with Crippen LogP contribution in [0.3, 0.4) is 0 Å². The van der Waals surface area contributed by atoms with Gasteiger partial charge in [-0.15, -0.1) is 0 Å². The Morgan fingerprint density at radius 1 is 1.24 bits per heavy atom. The molecule has 0 aliphatic carbocycles. The van der Waals surface area contributed by atoms with Gasteiger partial charge in [0.1, 0.15) is 0 Å². The van der Waals surface area contributed by atoms with Gasteiger partial charge in [0.2, 0.25) is 0 Å². The van der Waals surface area contributed by atoms with E-state index in [9.17, 15) is 0 Å². The predicted octanol–water partition coefficient (Wildman–Crippen LogP) is 2.42. The summed E-state index contributed by atoms with van der Waals surface area (Å²) in [6.07, 6.45) is 8.77. The zero-order valence-corrected chi connectivity index (χ0v) is 10.9. The summed E-state index contributed by atoms with van der Waals surface area (Å²) in [7, 11) is 0. The first-order valence-electron chi connectivity index (χ1n) is 6.68. The molecule has 0 saturated heterocycles. The van der Waals surface area contributed by atoms with E-state index in [1.807, 2.05) is 18.5 Å². The summed E-state index contributed by atoms with van der Waals surface area (Å²) in [5, 5.41) is 0. The van der Waals surface area contributed by atoms with Gasteiger partial charge in [0.25, 0.3) is 0 Å². The van der Waals surface area contributed by atoms with E-state index < -0.39 is 0 Å². The molecule has 0 aliphatic rings. The van der Waals surface area contributed by atoms with Crippen molar-refractivity contribution in [2.45, 2.75) is 39.2 Å². The summed E-state index contributed by atoms with van der Waals surface area (Å²) in [5.74, 6) is 0. The lowest BCUT2D eigenvalue weighted by atomic mass is 10.2. The van der Waals surface area contributed by atoms with Crippen LogP contribution in [-0.4, -0.2) is 29.5 Å². The average Bonchev–Trinajstić information content (AvgIpc) is 2.38. The van der Waals surface area contributed by atoms with E-state index in [4.69, 9.17) is 5.73 Å². The van der Waals surface area contributed by atoms with Crippen LogP contribution in [0.1, 0.15) is 38.2 Å². The Labute approximate surface area is 105 Å². The maximum Gasteiger partial charge on any atom is 0.0312 e. The molecule has 17 heavy (non-hydrogen) atoms. The van der Waals surface area contributed by atoms with Gasteiger partial charge < -0.3 is 5.73 Å². The molecule has 0 unspecified atom stereocenters.